The molecule has 0 atom stereocenters. The highest BCUT2D eigenvalue weighted by atomic mass is 35.5. The van der Waals surface area contributed by atoms with Crippen LogP contribution in [0, 0.1) is 101 Å². The van der Waals surface area contributed by atoms with Crippen molar-refractivity contribution >= 4 is 96.7 Å². The predicted molar refractivity (Wildman–Crippen MR) is 338 cm³/mol. The number of halogens is 4. The van der Waals surface area contributed by atoms with Crippen LogP contribution in [-0.4, -0.2) is 48.6 Å². The molecule has 16 nitrogen and oxygen atoms in total. The zero-order valence-corrected chi connectivity index (χ0v) is 51.8. The zero-order valence-electron chi connectivity index (χ0n) is 48.7. The Hall–Kier alpha value is -7.98. The molecule has 4 aliphatic rings. The van der Waals surface area contributed by atoms with Crippen molar-refractivity contribution in [3.63, 3.8) is 0 Å². The van der Waals surface area contributed by atoms with Crippen LogP contribution in [0.25, 0.3) is 0 Å². The van der Waals surface area contributed by atoms with E-state index in [9.17, 15) is 30.6 Å². The minimum atomic E-state index is -0.879. The molecule has 4 heterocycles. The van der Waals surface area contributed by atoms with E-state index >= 15 is 0 Å². The van der Waals surface area contributed by atoms with Gasteiger partial charge in [0.15, 0.2) is 0 Å². The van der Waals surface area contributed by atoms with Gasteiger partial charge in [-0.15, -0.1) is 0 Å². The Balaban J connectivity index is 0.000000140. The summed E-state index contributed by atoms with van der Waals surface area (Å²) >= 11 is 24.2. The highest BCUT2D eigenvalue weighted by Gasteiger charge is 2.33. The monoisotopic (exact) mass is 1250 g/mol. The van der Waals surface area contributed by atoms with Gasteiger partial charge in [-0.25, -0.2) is 0 Å². The van der Waals surface area contributed by atoms with Crippen LogP contribution in [0.3, 0.4) is 0 Å². The first-order valence-corrected chi connectivity index (χ1v) is 28.7. The van der Waals surface area contributed by atoms with E-state index in [2.05, 4.69) is 24.3 Å². The summed E-state index contributed by atoms with van der Waals surface area (Å²) in [5.74, 6) is 4.65. The third-order valence-electron chi connectivity index (χ3n) is 15.0. The molecule has 4 N–H and O–H groups in total. The molecule has 12 rings (SSSR count). The van der Waals surface area contributed by atoms with Gasteiger partial charge in [-0.1, -0.05) is 70.7 Å². The lowest BCUT2D eigenvalue weighted by Gasteiger charge is -2.13. The van der Waals surface area contributed by atoms with Crippen molar-refractivity contribution in [1.82, 2.24) is 0 Å². The summed E-state index contributed by atoms with van der Waals surface area (Å²) in [5, 5.41) is 77.5. The second-order valence-electron chi connectivity index (χ2n) is 21.1. The Morgan fingerprint density at radius 1 is 0.364 bits per heavy atom. The molecule has 0 saturated carbocycles. The normalized spacial score (nSPS) is 13.0. The van der Waals surface area contributed by atoms with Crippen LogP contribution in [0.2, 0.25) is 20.1 Å². The second kappa shape index (κ2) is 27.6. The molecule has 0 aliphatic carbocycles. The van der Waals surface area contributed by atoms with Gasteiger partial charge in [0.25, 0.3) is 0 Å². The van der Waals surface area contributed by atoms with Crippen molar-refractivity contribution in [2.75, 3.05) is 0 Å². The molecule has 0 bridgehead atoms. The van der Waals surface area contributed by atoms with Crippen LogP contribution in [0.15, 0.2) is 97.1 Å². The largest absolute Gasteiger partial charge is 0.491 e. The Morgan fingerprint density at radius 2 is 0.716 bits per heavy atom. The molecule has 0 radical (unpaired) electrons. The maximum atomic E-state index is 9.71. The molecule has 4 aliphatic heterocycles. The molecular weight excluding hydrogens is 1200 g/mol. The molecule has 0 unspecified atom stereocenters. The van der Waals surface area contributed by atoms with Gasteiger partial charge in [0, 0.05) is 22.2 Å². The highest BCUT2D eigenvalue weighted by molar-refractivity contribution is 6.63. The van der Waals surface area contributed by atoms with E-state index < -0.39 is 28.5 Å². The summed E-state index contributed by atoms with van der Waals surface area (Å²) in [4.78, 5) is 0. The summed E-state index contributed by atoms with van der Waals surface area (Å²) < 4.78 is 44.4. The Bertz CT molecular complexity index is 4140. The summed E-state index contributed by atoms with van der Waals surface area (Å²) in [6, 6.07) is 36.4. The lowest BCUT2D eigenvalue weighted by Crippen LogP contribution is -2.28. The van der Waals surface area contributed by atoms with E-state index in [0.717, 1.165) is 88.6 Å². The zero-order chi connectivity index (χ0) is 63.4. The van der Waals surface area contributed by atoms with Crippen molar-refractivity contribution in [2.24, 2.45) is 0 Å². The number of rotatable bonds is 8. The van der Waals surface area contributed by atoms with Crippen LogP contribution in [-0.2, 0) is 45.0 Å². The van der Waals surface area contributed by atoms with E-state index in [1.807, 2.05) is 79.7 Å². The molecule has 0 saturated heterocycles. The van der Waals surface area contributed by atoms with E-state index in [1.54, 1.807) is 72.8 Å². The third-order valence-corrected chi connectivity index (χ3v) is 16.8. The molecule has 440 valence electrons. The van der Waals surface area contributed by atoms with E-state index in [4.69, 9.17) is 94.5 Å². The molecule has 24 heteroatoms. The van der Waals surface area contributed by atoms with Crippen LogP contribution in [0.4, 0.5) is 0 Å². The van der Waals surface area contributed by atoms with Crippen LogP contribution in [0.1, 0.15) is 89.0 Å². The van der Waals surface area contributed by atoms with Crippen molar-refractivity contribution in [1.29, 1.82) is 21.0 Å². The summed E-state index contributed by atoms with van der Waals surface area (Å²) in [5.41, 5.74) is 15.1. The Kier molecular flexibility index (Phi) is 20.2. The molecular formula is C64H52B4Cl4N4O12. The number of ether oxygens (including phenoxy) is 4. The summed E-state index contributed by atoms with van der Waals surface area (Å²) in [6.07, 6.45) is 0. The average molecular weight is 1250 g/mol. The number of fused-ring (bicyclic) bond motifs is 4. The SMILES string of the molecule is Cc1cc(Oc2cc3c(cc2C)B(O)OC3)c(C#N)cc1Cl.Cc1cc(Oc2ccc3c(c2C)COB3O)c(C#N)cc1Cl.Cc1cc(Oc2ccc3c(c2C)COB3O)cc(C#N)c1Cl.Cc1cc2c(cc1Oc1cc(C)c(Cl)c(C#N)c1)COB2O. The van der Waals surface area contributed by atoms with Gasteiger partial charge < -0.3 is 57.7 Å². The van der Waals surface area contributed by atoms with Gasteiger partial charge in [0.2, 0.25) is 0 Å². The van der Waals surface area contributed by atoms with Crippen LogP contribution in [0.5, 0.6) is 46.0 Å². The van der Waals surface area contributed by atoms with Gasteiger partial charge >= 0.3 is 28.5 Å². The smallest absolute Gasteiger partial charge is 0.457 e. The number of hydrogen-bond acceptors (Lipinski definition) is 16. The fraction of sp³-hybridized carbons (Fsp3) is 0.188. The Labute approximate surface area is 530 Å². The molecule has 0 aromatic heterocycles. The number of nitriles is 4. The first-order chi connectivity index (χ1) is 42.0. The maximum absolute atomic E-state index is 9.71. The second-order valence-corrected chi connectivity index (χ2v) is 22.6. The lowest BCUT2D eigenvalue weighted by atomic mass is 9.78. The fourth-order valence-corrected chi connectivity index (χ4v) is 10.6. The molecule has 0 spiro atoms. The van der Waals surface area contributed by atoms with E-state index in [1.165, 1.54) is 0 Å². The number of benzene rings is 8. The molecule has 8 aromatic rings. The van der Waals surface area contributed by atoms with Gasteiger partial charge in [-0.3, -0.25) is 0 Å². The topological polar surface area (TPSA) is 250 Å². The number of aryl methyl sites for hydroxylation is 6. The van der Waals surface area contributed by atoms with E-state index in [0.29, 0.717) is 115 Å². The maximum Gasteiger partial charge on any atom is 0.491 e. The minimum Gasteiger partial charge on any atom is -0.457 e. The van der Waals surface area contributed by atoms with E-state index in [-0.39, 0.29) is 0 Å². The average Bonchev–Trinajstić information content (AvgIpc) is 3.85. The predicted octanol–water partition coefficient (Wildman–Crippen LogP) is 11.4. The van der Waals surface area contributed by atoms with Crippen molar-refractivity contribution in [3.8, 4) is 70.3 Å². The van der Waals surface area contributed by atoms with Crippen molar-refractivity contribution < 1.29 is 57.7 Å². The molecule has 88 heavy (non-hydrogen) atoms. The number of nitrogens with zero attached hydrogens (tertiary/aromatic N) is 4. The van der Waals surface area contributed by atoms with Gasteiger partial charge in [0.05, 0.1) is 58.7 Å². The Morgan fingerprint density at radius 3 is 1.12 bits per heavy atom. The molecule has 0 amide bonds. The fourth-order valence-electron chi connectivity index (χ4n) is 9.93. The number of hydrogen-bond donors (Lipinski definition) is 4. The summed E-state index contributed by atoms with van der Waals surface area (Å²) in [7, 11) is -3.50. The van der Waals surface area contributed by atoms with Gasteiger partial charge in [-0.05, 0) is 205 Å². The van der Waals surface area contributed by atoms with Crippen molar-refractivity contribution in [2.45, 2.75) is 81.8 Å². The third kappa shape index (κ3) is 14.0. The quantitative estimate of drug-likeness (QED) is 0.103. The van der Waals surface area contributed by atoms with Crippen LogP contribution >= 0.6 is 46.4 Å². The summed E-state index contributed by atoms with van der Waals surface area (Å²) in [6.45, 7) is 16.4. The molecule has 0 fully saturated rings. The highest BCUT2D eigenvalue weighted by Crippen LogP contribution is 2.37. The van der Waals surface area contributed by atoms with Gasteiger partial charge in [-0.2, -0.15) is 21.0 Å². The van der Waals surface area contributed by atoms with Crippen LogP contribution < -0.4 is 40.8 Å². The first-order valence-electron chi connectivity index (χ1n) is 27.2. The molecule has 8 aromatic carbocycles. The minimum absolute atomic E-state index is 0.345. The first kappa shape index (κ1) is 64.5. The standard InChI is InChI=1S/4C16H13BClNO3/c1-9-4-16(11(7-19)5-14(9)18)22-15-6-12-8-21-17(20)13(12)3-10(15)2;1-9-4-14-12(8-21-17(14)20)6-15(9)22-13-3-10(2)16(18)11(5-13)7-19;1-9-5-16(11(7-19)6-14(9)18)22-15-4-3-13-12(10(15)2)8-21-17(13)20;1-9-5-12(6-11(7-19)16(9)18)22-15-4-3-14-13(10(15)2)8-21-17(14)20/h4*3-6,20H,8H2,1-2H3. The lowest BCUT2D eigenvalue weighted by molar-refractivity contribution is 0.274. The van der Waals surface area contributed by atoms with Crippen molar-refractivity contribution in [3.05, 3.63) is 206 Å². The van der Waals surface area contributed by atoms with Gasteiger partial charge in [0.1, 0.15) is 70.3 Å².